The average Bonchev–Trinajstić information content (AvgIpc) is 3.27. The van der Waals surface area contributed by atoms with Crippen LogP contribution in [-0.4, -0.2) is 54.0 Å². The van der Waals surface area contributed by atoms with Crippen molar-refractivity contribution in [3.05, 3.63) is 29.8 Å². The number of benzene rings is 1. The summed E-state index contributed by atoms with van der Waals surface area (Å²) in [7, 11) is 1.54. The highest BCUT2D eigenvalue weighted by Gasteiger charge is 2.52. The second-order valence-electron chi connectivity index (χ2n) is 7.27. The van der Waals surface area contributed by atoms with Crippen LogP contribution < -0.4 is 15.4 Å². The number of nitrogens with one attached hydrogen (secondary N) is 2. The first-order valence-electron chi connectivity index (χ1n) is 9.59. The Labute approximate surface area is 168 Å². The summed E-state index contributed by atoms with van der Waals surface area (Å²) in [5, 5.41) is 5.37. The number of ether oxygens (including phenoxy) is 2. The Kier molecular flexibility index (Phi) is 6.05. The van der Waals surface area contributed by atoms with Crippen molar-refractivity contribution >= 4 is 23.8 Å². The Morgan fingerprint density at radius 2 is 1.93 bits per heavy atom. The second kappa shape index (κ2) is 8.50. The van der Waals surface area contributed by atoms with Gasteiger partial charge in [0.25, 0.3) is 11.8 Å². The van der Waals surface area contributed by atoms with Crippen molar-refractivity contribution in [2.24, 2.45) is 0 Å². The maximum absolute atomic E-state index is 12.6. The van der Waals surface area contributed by atoms with Crippen LogP contribution in [0, 0.1) is 0 Å². The van der Waals surface area contributed by atoms with Crippen LogP contribution in [0.3, 0.4) is 0 Å². The number of esters is 1. The van der Waals surface area contributed by atoms with Crippen LogP contribution in [0.15, 0.2) is 24.3 Å². The van der Waals surface area contributed by atoms with Gasteiger partial charge in [-0.15, -0.1) is 0 Å². The van der Waals surface area contributed by atoms with Gasteiger partial charge < -0.3 is 20.1 Å². The highest BCUT2D eigenvalue weighted by molar-refractivity contribution is 6.08. The predicted molar refractivity (Wildman–Crippen MR) is 102 cm³/mol. The van der Waals surface area contributed by atoms with E-state index in [1.165, 1.54) is 14.0 Å². The summed E-state index contributed by atoms with van der Waals surface area (Å²) >= 11 is 0. The smallest absolute Gasteiger partial charge is 0.327 e. The molecule has 1 aliphatic heterocycles. The number of carbonyl (C=O) groups is 4. The Balaban J connectivity index is 1.50. The molecule has 1 saturated heterocycles. The van der Waals surface area contributed by atoms with Gasteiger partial charge in [-0.25, -0.2) is 4.79 Å². The van der Waals surface area contributed by atoms with E-state index in [0.717, 1.165) is 23.3 Å². The van der Waals surface area contributed by atoms with Crippen molar-refractivity contribution in [1.82, 2.24) is 15.5 Å². The summed E-state index contributed by atoms with van der Waals surface area (Å²) in [5.41, 5.74) is -0.0992. The van der Waals surface area contributed by atoms with Gasteiger partial charge in [0.05, 0.1) is 7.11 Å². The van der Waals surface area contributed by atoms with E-state index in [1.54, 1.807) is 6.07 Å². The molecule has 0 bridgehead atoms. The van der Waals surface area contributed by atoms with Gasteiger partial charge in [0.15, 0.2) is 6.10 Å². The third-order valence-electron chi connectivity index (χ3n) is 5.31. The third-order valence-corrected chi connectivity index (χ3v) is 5.31. The molecule has 0 aromatic heterocycles. The first-order chi connectivity index (χ1) is 13.9. The molecule has 29 heavy (non-hydrogen) atoms. The Morgan fingerprint density at radius 1 is 1.24 bits per heavy atom. The van der Waals surface area contributed by atoms with Crippen molar-refractivity contribution in [3.63, 3.8) is 0 Å². The largest absolute Gasteiger partial charge is 0.496 e. The van der Waals surface area contributed by atoms with Crippen LogP contribution in [0.1, 0.15) is 38.2 Å². The monoisotopic (exact) mass is 403 g/mol. The SMILES string of the molecule is COc1ccccc1CNC(=O)[C@@H](C)OC(=O)CN1C(=O)NC2(CCCC2)C1=O. The molecule has 1 aliphatic carbocycles. The van der Waals surface area contributed by atoms with Crippen molar-refractivity contribution in [1.29, 1.82) is 0 Å². The fourth-order valence-corrected chi connectivity index (χ4v) is 3.73. The number of amides is 4. The maximum atomic E-state index is 12.6. The lowest BCUT2D eigenvalue weighted by molar-refractivity contribution is -0.156. The number of rotatable bonds is 7. The number of methoxy groups -OCH3 is 1. The maximum Gasteiger partial charge on any atom is 0.327 e. The van der Waals surface area contributed by atoms with Gasteiger partial charge in [-0.3, -0.25) is 19.3 Å². The van der Waals surface area contributed by atoms with E-state index in [2.05, 4.69) is 10.6 Å². The molecule has 2 N–H and O–H groups in total. The summed E-state index contributed by atoms with van der Waals surface area (Å²) in [6.07, 6.45) is 1.79. The second-order valence-corrected chi connectivity index (χ2v) is 7.27. The van der Waals surface area contributed by atoms with Crippen molar-refractivity contribution < 1.29 is 28.7 Å². The Morgan fingerprint density at radius 3 is 2.62 bits per heavy atom. The molecule has 2 aliphatic rings. The predicted octanol–water partition coefficient (Wildman–Crippen LogP) is 1.11. The first-order valence-corrected chi connectivity index (χ1v) is 9.59. The summed E-state index contributed by atoms with van der Waals surface area (Å²) in [5.74, 6) is -1.07. The van der Waals surface area contributed by atoms with Gasteiger partial charge in [0.2, 0.25) is 0 Å². The van der Waals surface area contributed by atoms with E-state index in [1.807, 2.05) is 18.2 Å². The lowest BCUT2D eigenvalue weighted by atomic mass is 9.98. The molecule has 1 saturated carbocycles. The van der Waals surface area contributed by atoms with E-state index in [4.69, 9.17) is 9.47 Å². The van der Waals surface area contributed by atoms with Crippen LogP contribution in [0.4, 0.5) is 4.79 Å². The lowest BCUT2D eigenvalue weighted by Gasteiger charge is -2.20. The van der Waals surface area contributed by atoms with E-state index in [9.17, 15) is 19.2 Å². The lowest BCUT2D eigenvalue weighted by Crippen LogP contribution is -2.45. The van der Waals surface area contributed by atoms with E-state index < -0.39 is 42.0 Å². The Bertz CT molecular complexity index is 818. The van der Waals surface area contributed by atoms with Gasteiger partial charge in [-0.05, 0) is 25.8 Å². The van der Waals surface area contributed by atoms with Crippen molar-refractivity contribution in [2.75, 3.05) is 13.7 Å². The summed E-state index contributed by atoms with van der Waals surface area (Å²) in [4.78, 5) is 50.0. The average molecular weight is 403 g/mol. The normalized spacial score (nSPS) is 18.5. The van der Waals surface area contributed by atoms with E-state index in [-0.39, 0.29) is 6.54 Å². The van der Waals surface area contributed by atoms with Gasteiger partial charge in [-0.1, -0.05) is 31.0 Å². The molecule has 1 aromatic carbocycles. The van der Waals surface area contributed by atoms with Gasteiger partial charge in [0.1, 0.15) is 17.8 Å². The standard InChI is InChI=1S/C20H25N3O6/c1-13(17(25)21-11-14-7-3-4-8-15(14)28-2)29-16(24)12-23-18(26)20(22-19(23)27)9-5-6-10-20/h3-4,7-8,13H,5-6,9-12H2,1-2H3,(H,21,25)(H,22,27)/t13-/m1/s1. The molecule has 3 rings (SSSR count). The highest BCUT2D eigenvalue weighted by atomic mass is 16.5. The highest BCUT2D eigenvalue weighted by Crippen LogP contribution is 2.34. The summed E-state index contributed by atoms with van der Waals surface area (Å²) in [6.45, 7) is 1.12. The summed E-state index contributed by atoms with van der Waals surface area (Å²) in [6, 6.07) is 6.64. The molecule has 2 fully saturated rings. The first kappa shape index (κ1) is 20.6. The minimum atomic E-state index is -1.07. The van der Waals surface area contributed by atoms with E-state index in [0.29, 0.717) is 18.6 Å². The molecule has 1 aromatic rings. The molecular weight excluding hydrogens is 378 g/mol. The molecule has 0 radical (unpaired) electrons. The number of para-hydroxylation sites is 1. The van der Waals surface area contributed by atoms with Crippen LogP contribution in [0.5, 0.6) is 5.75 Å². The molecule has 9 heteroatoms. The van der Waals surface area contributed by atoms with E-state index >= 15 is 0 Å². The van der Waals surface area contributed by atoms with Crippen molar-refractivity contribution in [2.45, 2.75) is 50.8 Å². The topological polar surface area (TPSA) is 114 Å². The molecule has 4 amide bonds. The molecule has 1 atom stereocenters. The zero-order chi connectivity index (χ0) is 21.0. The minimum absolute atomic E-state index is 0.209. The zero-order valence-electron chi connectivity index (χ0n) is 16.5. The van der Waals surface area contributed by atoms with Crippen LogP contribution >= 0.6 is 0 Å². The molecule has 1 heterocycles. The fourth-order valence-electron chi connectivity index (χ4n) is 3.73. The van der Waals surface area contributed by atoms with Gasteiger partial charge in [0, 0.05) is 12.1 Å². The van der Waals surface area contributed by atoms with Gasteiger partial charge in [-0.2, -0.15) is 0 Å². The minimum Gasteiger partial charge on any atom is -0.496 e. The number of nitrogens with zero attached hydrogens (tertiary/aromatic N) is 1. The number of urea groups is 1. The molecule has 9 nitrogen and oxygen atoms in total. The fraction of sp³-hybridized carbons (Fsp3) is 0.500. The third kappa shape index (κ3) is 4.33. The van der Waals surface area contributed by atoms with Crippen LogP contribution in [0.2, 0.25) is 0 Å². The summed E-state index contributed by atoms with van der Waals surface area (Å²) < 4.78 is 10.3. The number of hydrogen-bond donors (Lipinski definition) is 2. The molecule has 0 unspecified atom stereocenters. The molecular formula is C20H25N3O6. The van der Waals surface area contributed by atoms with Gasteiger partial charge >= 0.3 is 12.0 Å². The van der Waals surface area contributed by atoms with Crippen LogP contribution in [-0.2, 0) is 25.7 Å². The number of hydrogen-bond acceptors (Lipinski definition) is 6. The molecule has 156 valence electrons. The molecule has 1 spiro atoms. The number of imide groups is 1. The Hall–Kier alpha value is -3.10. The van der Waals surface area contributed by atoms with Crippen LogP contribution in [0.25, 0.3) is 0 Å². The van der Waals surface area contributed by atoms with Crippen molar-refractivity contribution in [3.8, 4) is 5.75 Å². The number of carbonyl (C=O) groups excluding carboxylic acids is 4. The quantitative estimate of drug-likeness (QED) is 0.521. The zero-order valence-corrected chi connectivity index (χ0v) is 16.5.